The molecule has 4 nitrogen and oxygen atoms in total. The van der Waals surface area contributed by atoms with E-state index in [0.29, 0.717) is 0 Å². The van der Waals surface area contributed by atoms with Gasteiger partial charge < -0.3 is 5.32 Å². The van der Waals surface area contributed by atoms with Crippen LogP contribution >= 0.6 is 11.8 Å². The van der Waals surface area contributed by atoms with Crippen molar-refractivity contribution < 1.29 is 4.79 Å². The largest absolute Gasteiger partial charge is 0.348 e. The Morgan fingerprint density at radius 2 is 1.93 bits per heavy atom. The molecule has 2 aromatic carbocycles. The third-order valence-corrected chi connectivity index (χ3v) is 6.13. The standard InChI is InChI=1S/C22H23N3OS/c1-14(27-22-18-11-5-6-12-20(18)23-15(2)24-22)21(26)25-19-13-7-9-16-8-3-4-10-17(16)19/h3-6,8,10-12,14,19H,7,9,13H2,1-2H3,(H,25,26)/t14-,19-/m1/s1. The van der Waals surface area contributed by atoms with E-state index in [4.69, 9.17) is 0 Å². The fourth-order valence-corrected chi connectivity index (χ4v) is 4.66. The van der Waals surface area contributed by atoms with Gasteiger partial charge in [0.15, 0.2) is 0 Å². The van der Waals surface area contributed by atoms with Crippen LogP contribution in [0.5, 0.6) is 0 Å². The van der Waals surface area contributed by atoms with E-state index in [1.807, 2.05) is 38.1 Å². The molecule has 2 atom stereocenters. The summed E-state index contributed by atoms with van der Waals surface area (Å²) in [4.78, 5) is 21.9. The number of aromatic nitrogens is 2. The number of hydrogen-bond acceptors (Lipinski definition) is 4. The zero-order valence-electron chi connectivity index (χ0n) is 15.6. The predicted octanol–water partition coefficient (Wildman–Crippen LogP) is 4.61. The maximum absolute atomic E-state index is 12.9. The van der Waals surface area contributed by atoms with E-state index in [2.05, 4.69) is 39.6 Å². The van der Waals surface area contributed by atoms with Crippen LogP contribution in [-0.2, 0) is 11.2 Å². The van der Waals surface area contributed by atoms with Crippen LogP contribution in [0.3, 0.4) is 0 Å². The third-order valence-electron chi connectivity index (χ3n) is 5.02. The summed E-state index contributed by atoms with van der Waals surface area (Å²) in [5, 5.41) is 4.89. The molecule has 1 amide bonds. The Balaban J connectivity index is 1.51. The Morgan fingerprint density at radius 1 is 1.15 bits per heavy atom. The molecule has 4 rings (SSSR count). The van der Waals surface area contributed by atoms with Crippen molar-refractivity contribution in [2.24, 2.45) is 0 Å². The number of carbonyl (C=O) groups excluding carboxylic acids is 1. The molecular weight excluding hydrogens is 354 g/mol. The zero-order valence-corrected chi connectivity index (χ0v) is 16.4. The lowest BCUT2D eigenvalue weighted by atomic mass is 9.88. The first kappa shape index (κ1) is 18.0. The van der Waals surface area contributed by atoms with Crippen molar-refractivity contribution in [3.8, 4) is 0 Å². The smallest absolute Gasteiger partial charge is 0.233 e. The van der Waals surface area contributed by atoms with Crippen LogP contribution < -0.4 is 5.32 Å². The summed E-state index contributed by atoms with van der Waals surface area (Å²) >= 11 is 1.50. The van der Waals surface area contributed by atoms with Crippen LogP contribution in [0.2, 0.25) is 0 Å². The van der Waals surface area contributed by atoms with Gasteiger partial charge in [-0.3, -0.25) is 4.79 Å². The van der Waals surface area contributed by atoms with Gasteiger partial charge in [0.05, 0.1) is 16.8 Å². The average molecular weight is 378 g/mol. The number of amides is 1. The van der Waals surface area contributed by atoms with Gasteiger partial charge in [0.1, 0.15) is 10.9 Å². The second kappa shape index (κ2) is 7.69. The average Bonchev–Trinajstić information content (AvgIpc) is 2.68. The summed E-state index contributed by atoms with van der Waals surface area (Å²) in [6.45, 7) is 3.83. The maximum Gasteiger partial charge on any atom is 0.233 e. The lowest BCUT2D eigenvalue weighted by Crippen LogP contribution is -2.35. The van der Waals surface area contributed by atoms with Crippen LogP contribution in [-0.4, -0.2) is 21.1 Å². The molecule has 0 radical (unpaired) electrons. The first-order valence-electron chi connectivity index (χ1n) is 9.40. The normalized spacial score (nSPS) is 17.3. The van der Waals surface area contributed by atoms with Crippen LogP contribution in [0.25, 0.3) is 10.9 Å². The minimum atomic E-state index is -0.225. The molecule has 0 aliphatic heterocycles. The molecule has 5 heteroatoms. The summed E-state index contributed by atoms with van der Waals surface area (Å²) in [6, 6.07) is 16.5. The SMILES string of the molecule is Cc1nc(S[C@H](C)C(=O)N[C@@H]2CCCc3ccccc32)c2ccccc2n1. The van der Waals surface area contributed by atoms with Gasteiger partial charge in [-0.1, -0.05) is 54.2 Å². The van der Waals surface area contributed by atoms with Gasteiger partial charge in [-0.2, -0.15) is 0 Å². The van der Waals surface area contributed by atoms with Crippen molar-refractivity contribution >= 4 is 28.6 Å². The van der Waals surface area contributed by atoms with Gasteiger partial charge in [0, 0.05) is 5.39 Å². The molecule has 138 valence electrons. The van der Waals surface area contributed by atoms with Gasteiger partial charge in [-0.25, -0.2) is 9.97 Å². The molecule has 0 fully saturated rings. The number of nitrogens with zero attached hydrogens (tertiary/aromatic N) is 2. The summed E-state index contributed by atoms with van der Waals surface area (Å²) in [6.07, 6.45) is 3.20. The van der Waals surface area contributed by atoms with Gasteiger partial charge in [-0.15, -0.1) is 0 Å². The third kappa shape index (κ3) is 3.83. The molecule has 0 saturated carbocycles. The van der Waals surface area contributed by atoms with Crippen molar-refractivity contribution in [2.75, 3.05) is 0 Å². The minimum absolute atomic E-state index is 0.0575. The molecule has 0 unspecified atom stereocenters. The Labute approximate surface area is 163 Å². The Bertz CT molecular complexity index is 988. The van der Waals surface area contributed by atoms with Crippen molar-refractivity contribution in [1.82, 2.24) is 15.3 Å². The number of nitrogens with one attached hydrogen (secondary N) is 1. The van der Waals surface area contributed by atoms with Crippen LogP contribution in [0, 0.1) is 6.92 Å². The highest BCUT2D eigenvalue weighted by Gasteiger charge is 2.24. The van der Waals surface area contributed by atoms with E-state index in [1.165, 1.54) is 22.9 Å². The van der Waals surface area contributed by atoms with Crippen LogP contribution in [0.4, 0.5) is 0 Å². The Morgan fingerprint density at radius 3 is 2.81 bits per heavy atom. The first-order valence-corrected chi connectivity index (χ1v) is 10.3. The molecule has 27 heavy (non-hydrogen) atoms. The maximum atomic E-state index is 12.9. The lowest BCUT2D eigenvalue weighted by molar-refractivity contribution is -0.121. The van der Waals surface area contributed by atoms with Gasteiger partial charge >= 0.3 is 0 Å². The number of aryl methyl sites for hydroxylation is 2. The molecule has 1 aliphatic rings. The number of carbonyl (C=O) groups is 1. The number of para-hydroxylation sites is 1. The second-order valence-electron chi connectivity index (χ2n) is 7.01. The number of benzene rings is 2. The predicted molar refractivity (Wildman–Crippen MR) is 110 cm³/mol. The topological polar surface area (TPSA) is 54.9 Å². The van der Waals surface area contributed by atoms with E-state index < -0.39 is 0 Å². The molecule has 0 bridgehead atoms. The Hall–Kier alpha value is -2.40. The quantitative estimate of drug-likeness (QED) is 0.533. The molecule has 0 saturated heterocycles. The zero-order chi connectivity index (χ0) is 18.8. The molecule has 1 heterocycles. The van der Waals surface area contributed by atoms with E-state index in [0.717, 1.165) is 41.0 Å². The summed E-state index contributed by atoms with van der Waals surface area (Å²) in [7, 11) is 0. The molecule has 0 spiro atoms. The second-order valence-corrected chi connectivity index (χ2v) is 8.33. The van der Waals surface area contributed by atoms with Crippen molar-refractivity contribution in [1.29, 1.82) is 0 Å². The van der Waals surface area contributed by atoms with Gasteiger partial charge in [0.2, 0.25) is 5.91 Å². The van der Waals surface area contributed by atoms with Crippen molar-refractivity contribution in [2.45, 2.75) is 49.4 Å². The van der Waals surface area contributed by atoms with Gasteiger partial charge in [0.25, 0.3) is 0 Å². The number of hydrogen-bond donors (Lipinski definition) is 1. The number of rotatable bonds is 4. The first-order chi connectivity index (χ1) is 13.1. The highest BCUT2D eigenvalue weighted by Crippen LogP contribution is 2.32. The molecule has 1 aromatic heterocycles. The van der Waals surface area contributed by atoms with E-state index in [-0.39, 0.29) is 17.2 Å². The van der Waals surface area contributed by atoms with Crippen LogP contribution in [0.15, 0.2) is 53.6 Å². The van der Waals surface area contributed by atoms with Gasteiger partial charge in [-0.05, 0) is 50.3 Å². The van der Waals surface area contributed by atoms with Crippen molar-refractivity contribution in [3.63, 3.8) is 0 Å². The van der Waals surface area contributed by atoms with Crippen molar-refractivity contribution in [3.05, 3.63) is 65.5 Å². The number of thioether (sulfide) groups is 1. The highest BCUT2D eigenvalue weighted by atomic mass is 32.2. The van der Waals surface area contributed by atoms with Crippen LogP contribution in [0.1, 0.15) is 42.8 Å². The summed E-state index contributed by atoms with van der Waals surface area (Å²) in [5.41, 5.74) is 3.53. The monoisotopic (exact) mass is 377 g/mol. The molecule has 1 N–H and O–H groups in total. The van der Waals surface area contributed by atoms with E-state index in [1.54, 1.807) is 0 Å². The fourth-order valence-electron chi connectivity index (χ4n) is 3.66. The summed E-state index contributed by atoms with van der Waals surface area (Å²) in [5.74, 6) is 0.784. The van der Waals surface area contributed by atoms with E-state index >= 15 is 0 Å². The molecule has 1 aliphatic carbocycles. The molecule has 3 aromatic rings. The fraction of sp³-hybridized carbons (Fsp3) is 0.318. The Kier molecular flexibility index (Phi) is 5.12. The minimum Gasteiger partial charge on any atom is -0.348 e. The lowest BCUT2D eigenvalue weighted by Gasteiger charge is -2.27. The summed E-state index contributed by atoms with van der Waals surface area (Å²) < 4.78 is 0. The molecular formula is C22H23N3OS. The van der Waals surface area contributed by atoms with E-state index in [9.17, 15) is 4.79 Å². The number of fused-ring (bicyclic) bond motifs is 2. The highest BCUT2D eigenvalue weighted by molar-refractivity contribution is 8.00.